The number of carbonyl (C=O) groups is 2. The average Bonchev–Trinajstić information content (AvgIpc) is 2.35. The Balaban J connectivity index is 2.45. The first kappa shape index (κ1) is 12.9. The van der Waals surface area contributed by atoms with Crippen LogP contribution < -0.4 is 0 Å². The SMILES string of the molecule is Cc1ccc([S@](=O)C2=C(Cl)C(=O)C=CC2=O)cc1. The quantitative estimate of drug-likeness (QED) is 0.781. The van der Waals surface area contributed by atoms with Crippen LogP contribution in [-0.2, 0) is 20.4 Å². The molecule has 5 heteroatoms. The van der Waals surface area contributed by atoms with E-state index < -0.39 is 22.4 Å². The van der Waals surface area contributed by atoms with Crippen LogP contribution in [0, 0.1) is 6.92 Å². The molecule has 0 amide bonds. The normalized spacial score (nSPS) is 17.2. The van der Waals surface area contributed by atoms with Crippen LogP contribution >= 0.6 is 11.6 Å². The summed E-state index contributed by atoms with van der Waals surface area (Å²) in [5.41, 5.74) is 1.02. The van der Waals surface area contributed by atoms with Crippen molar-refractivity contribution in [2.75, 3.05) is 0 Å². The van der Waals surface area contributed by atoms with Crippen LogP contribution in [0.3, 0.4) is 0 Å². The van der Waals surface area contributed by atoms with Crippen molar-refractivity contribution in [3.8, 4) is 0 Å². The van der Waals surface area contributed by atoms with Gasteiger partial charge in [0.2, 0.25) is 0 Å². The molecule has 0 radical (unpaired) electrons. The minimum Gasteiger partial charge on any atom is -0.289 e. The van der Waals surface area contributed by atoms with Crippen LogP contribution in [0.25, 0.3) is 0 Å². The van der Waals surface area contributed by atoms with E-state index in [9.17, 15) is 13.8 Å². The van der Waals surface area contributed by atoms with E-state index in [0.717, 1.165) is 17.7 Å². The molecule has 0 aromatic heterocycles. The van der Waals surface area contributed by atoms with Crippen molar-refractivity contribution in [3.05, 3.63) is 51.9 Å². The lowest BCUT2D eigenvalue weighted by molar-refractivity contribution is -0.114. The molecule has 0 unspecified atom stereocenters. The Kier molecular flexibility index (Phi) is 3.59. The van der Waals surface area contributed by atoms with E-state index in [1.807, 2.05) is 6.92 Å². The zero-order valence-electron chi connectivity index (χ0n) is 9.48. The van der Waals surface area contributed by atoms with E-state index in [0.29, 0.717) is 4.90 Å². The molecule has 0 aliphatic heterocycles. The first-order chi connectivity index (χ1) is 8.50. The van der Waals surface area contributed by atoms with Crippen molar-refractivity contribution in [2.24, 2.45) is 0 Å². The first-order valence-corrected chi connectivity index (χ1v) is 6.68. The molecule has 18 heavy (non-hydrogen) atoms. The highest BCUT2D eigenvalue weighted by atomic mass is 35.5. The highest BCUT2D eigenvalue weighted by Crippen LogP contribution is 2.25. The van der Waals surface area contributed by atoms with Gasteiger partial charge in [-0.2, -0.15) is 0 Å². The summed E-state index contributed by atoms with van der Waals surface area (Å²) >= 11 is 5.77. The summed E-state index contributed by atoms with van der Waals surface area (Å²) < 4.78 is 12.2. The van der Waals surface area contributed by atoms with E-state index in [-0.39, 0.29) is 9.94 Å². The van der Waals surface area contributed by atoms with Gasteiger partial charge in [0.15, 0.2) is 11.6 Å². The van der Waals surface area contributed by atoms with Gasteiger partial charge in [-0.15, -0.1) is 0 Å². The monoisotopic (exact) mass is 280 g/mol. The summed E-state index contributed by atoms with van der Waals surface area (Å²) in [6.07, 6.45) is 2.18. The van der Waals surface area contributed by atoms with E-state index >= 15 is 0 Å². The number of rotatable bonds is 2. The van der Waals surface area contributed by atoms with Gasteiger partial charge in [0, 0.05) is 4.90 Å². The molecule has 92 valence electrons. The molecule has 1 aliphatic rings. The highest BCUT2D eigenvalue weighted by molar-refractivity contribution is 7.90. The predicted octanol–water partition coefficient (Wildman–Crippen LogP) is 2.26. The Morgan fingerprint density at radius 2 is 1.56 bits per heavy atom. The van der Waals surface area contributed by atoms with Gasteiger partial charge in [-0.3, -0.25) is 9.59 Å². The fourth-order valence-corrected chi connectivity index (χ4v) is 2.97. The maximum Gasteiger partial charge on any atom is 0.198 e. The van der Waals surface area contributed by atoms with Gasteiger partial charge in [0.05, 0.1) is 10.8 Å². The minimum atomic E-state index is -1.73. The molecule has 1 aromatic carbocycles. The van der Waals surface area contributed by atoms with E-state index in [1.54, 1.807) is 24.3 Å². The number of halogens is 1. The maximum atomic E-state index is 12.2. The van der Waals surface area contributed by atoms with Crippen LogP contribution in [0.2, 0.25) is 0 Å². The van der Waals surface area contributed by atoms with Crippen molar-refractivity contribution < 1.29 is 13.8 Å². The first-order valence-electron chi connectivity index (χ1n) is 5.15. The molecule has 2 rings (SSSR count). The molecule has 0 N–H and O–H groups in total. The third kappa shape index (κ3) is 2.35. The second-order valence-electron chi connectivity index (χ2n) is 3.79. The lowest BCUT2D eigenvalue weighted by Crippen LogP contribution is -2.15. The molecular weight excluding hydrogens is 272 g/mol. The van der Waals surface area contributed by atoms with Gasteiger partial charge < -0.3 is 0 Å². The van der Waals surface area contributed by atoms with Crippen LogP contribution in [0.1, 0.15) is 5.56 Å². The maximum absolute atomic E-state index is 12.2. The number of benzene rings is 1. The summed E-state index contributed by atoms with van der Waals surface area (Å²) in [7, 11) is -1.73. The van der Waals surface area contributed by atoms with Gasteiger partial charge in [0.25, 0.3) is 0 Å². The minimum absolute atomic E-state index is 0.145. The molecule has 0 heterocycles. The Hall–Kier alpha value is -1.52. The summed E-state index contributed by atoms with van der Waals surface area (Å²) in [6, 6.07) is 6.87. The third-order valence-electron chi connectivity index (χ3n) is 2.45. The number of hydrogen-bond acceptors (Lipinski definition) is 3. The Bertz CT molecular complexity index is 612. The number of aryl methyl sites for hydroxylation is 1. The lowest BCUT2D eigenvalue weighted by Gasteiger charge is -2.09. The number of carbonyl (C=O) groups excluding carboxylic acids is 2. The molecule has 0 saturated carbocycles. The fraction of sp³-hybridized carbons (Fsp3) is 0.0769. The van der Waals surface area contributed by atoms with Gasteiger partial charge >= 0.3 is 0 Å². The second kappa shape index (κ2) is 5.00. The number of allylic oxidation sites excluding steroid dienone is 4. The smallest absolute Gasteiger partial charge is 0.198 e. The van der Waals surface area contributed by atoms with Crippen LogP contribution in [0.4, 0.5) is 0 Å². The summed E-state index contributed by atoms with van der Waals surface area (Å²) in [5.74, 6) is -0.981. The van der Waals surface area contributed by atoms with Crippen LogP contribution in [-0.4, -0.2) is 15.8 Å². The zero-order chi connectivity index (χ0) is 13.3. The molecule has 3 nitrogen and oxygen atoms in total. The lowest BCUT2D eigenvalue weighted by atomic mass is 10.2. The highest BCUT2D eigenvalue weighted by Gasteiger charge is 2.26. The zero-order valence-corrected chi connectivity index (χ0v) is 11.0. The topological polar surface area (TPSA) is 51.2 Å². The summed E-state index contributed by atoms with van der Waals surface area (Å²) in [5, 5.41) is -0.263. The van der Waals surface area contributed by atoms with Gasteiger partial charge in [-0.25, -0.2) is 4.21 Å². The molecule has 1 atom stereocenters. The molecule has 0 spiro atoms. The van der Waals surface area contributed by atoms with Gasteiger partial charge in [0.1, 0.15) is 9.94 Å². The predicted molar refractivity (Wildman–Crippen MR) is 69.6 cm³/mol. The van der Waals surface area contributed by atoms with Gasteiger partial charge in [-0.1, -0.05) is 29.3 Å². The largest absolute Gasteiger partial charge is 0.289 e. The molecule has 0 bridgehead atoms. The second-order valence-corrected chi connectivity index (χ2v) is 5.58. The van der Waals surface area contributed by atoms with Crippen LogP contribution in [0.5, 0.6) is 0 Å². The molecule has 0 fully saturated rings. The van der Waals surface area contributed by atoms with E-state index in [1.165, 1.54) is 0 Å². The molecule has 0 saturated heterocycles. The molecule has 1 aromatic rings. The summed E-state index contributed by atoms with van der Waals surface area (Å²) in [4.78, 5) is 23.3. The Morgan fingerprint density at radius 1 is 1.00 bits per heavy atom. The summed E-state index contributed by atoms with van der Waals surface area (Å²) in [6.45, 7) is 1.90. The van der Waals surface area contributed by atoms with Crippen molar-refractivity contribution >= 4 is 34.0 Å². The number of hydrogen-bond donors (Lipinski definition) is 0. The van der Waals surface area contributed by atoms with Crippen molar-refractivity contribution in [2.45, 2.75) is 11.8 Å². The standard InChI is InChI=1S/C13H9ClO3S/c1-8-2-4-9(5-3-8)18(17)13-11(16)7-6-10(15)12(13)14/h2-7H,1H3/t18-/m0/s1. The fourth-order valence-electron chi connectivity index (χ4n) is 1.47. The Morgan fingerprint density at radius 3 is 2.17 bits per heavy atom. The van der Waals surface area contributed by atoms with E-state index in [4.69, 9.17) is 11.6 Å². The van der Waals surface area contributed by atoms with Crippen molar-refractivity contribution in [3.63, 3.8) is 0 Å². The van der Waals surface area contributed by atoms with Crippen molar-refractivity contribution in [1.82, 2.24) is 0 Å². The molecule has 1 aliphatic carbocycles. The Labute approximate surface area is 112 Å². The van der Waals surface area contributed by atoms with Crippen LogP contribution in [0.15, 0.2) is 51.3 Å². The number of ketones is 2. The third-order valence-corrected chi connectivity index (χ3v) is 4.41. The average molecular weight is 281 g/mol. The van der Waals surface area contributed by atoms with Crippen molar-refractivity contribution in [1.29, 1.82) is 0 Å². The molecular formula is C13H9ClO3S. The van der Waals surface area contributed by atoms with E-state index in [2.05, 4.69) is 0 Å². The van der Waals surface area contributed by atoms with Gasteiger partial charge in [-0.05, 0) is 31.2 Å².